The number of hydrogen-bond donors (Lipinski definition) is 0. The molecule has 0 aromatic heterocycles. The summed E-state index contributed by atoms with van der Waals surface area (Å²) in [5, 5.41) is 0. The summed E-state index contributed by atoms with van der Waals surface area (Å²) in [5.74, 6) is 4.25. The van der Waals surface area contributed by atoms with Gasteiger partial charge in [0.15, 0.2) is 0 Å². The molecule has 0 aliphatic heterocycles. The molecule has 4 fully saturated rings. The van der Waals surface area contributed by atoms with Gasteiger partial charge in [-0.3, -0.25) is 0 Å². The second-order valence-electron chi connectivity index (χ2n) is 20.3. The van der Waals surface area contributed by atoms with E-state index in [1.165, 1.54) is 180 Å². The summed E-state index contributed by atoms with van der Waals surface area (Å²) in [5.41, 5.74) is 0.147. The van der Waals surface area contributed by atoms with Crippen LogP contribution in [0.15, 0.2) is 0 Å². The Kier molecular flexibility index (Phi) is 73.2. The molecular weight excluding hydrogens is 1020 g/mol. The van der Waals surface area contributed by atoms with Crippen molar-refractivity contribution in [3.05, 3.63) is 29.7 Å². The standard InChI is InChI=1S/3C13H26O.C9H18.2CH4.4CH3.4ClH.2Zr/c3*1-13(2,3)14-11-7-6-10-12-8-4-5-9-12;1-2-3-6-9-7-4-5-8-9;;;;;;;;;;;;/h3*12H,4-11H2,1-3H3;9H,2-8H2,1H3;2*1H4;4*1H3;4*1H;;/q;;;;;;4*-1;;;;;2*+4/p-4. The molecule has 9 heteroatoms. The fraction of sp³-hybridized carbons (Fsp3) is 0.926. The second-order valence-corrected chi connectivity index (χ2v) is 27.7. The topological polar surface area (TPSA) is 27.7 Å². The van der Waals surface area contributed by atoms with Crippen LogP contribution >= 0.6 is 34.1 Å². The van der Waals surface area contributed by atoms with Gasteiger partial charge in [-0.25, -0.2) is 0 Å². The van der Waals surface area contributed by atoms with Gasteiger partial charge in [0, 0.05) is 19.8 Å². The zero-order chi connectivity index (χ0) is 43.3. The number of hydrogen-bond acceptors (Lipinski definition) is 3. The summed E-state index contributed by atoms with van der Waals surface area (Å²) in [6, 6.07) is 0. The summed E-state index contributed by atoms with van der Waals surface area (Å²) in [6.07, 6.45) is 40.3. The minimum absolute atomic E-state index is 0. The zero-order valence-electron chi connectivity index (χ0n) is 43.5. The van der Waals surface area contributed by atoms with Crippen molar-refractivity contribution in [2.45, 2.75) is 281 Å². The molecule has 0 aromatic carbocycles. The number of unbranched alkanes of at least 4 members (excludes halogenated alkanes) is 4. The van der Waals surface area contributed by atoms with Crippen molar-refractivity contribution in [1.82, 2.24) is 0 Å². The van der Waals surface area contributed by atoms with Gasteiger partial charge in [-0.15, -0.1) is 0 Å². The summed E-state index contributed by atoms with van der Waals surface area (Å²) in [6.45, 7) is 24.3. The molecule has 3 nitrogen and oxygen atoms in total. The van der Waals surface area contributed by atoms with E-state index in [-0.39, 0.29) is 61.4 Å². The molecule has 0 aromatic rings. The van der Waals surface area contributed by atoms with E-state index in [1.807, 2.05) is 0 Å². The minimum atomic E-state index is -0.826. The fourth-order valence-corrected chi connectivity index (χ4v) is 8.43. The van der Waals surface area contributed by atoms with Crippen LogP contribution in [0.4, 0.5) is 0 Å². The van der Waals surface area contributed by atoms with Gasteiger partial charge in [0.1, 0.15) is 0 Å². The molecule has 0 saturated heterocycles. The van der Waals surface area contributed by atoms with Crippen molar-refractivity contribution in [1.29, 1.82) is 0 Å². The molecule has 4 saturated carbocycles. The maximum absolute atomic E-state index is 5.69. The van der Waals surface area contributed by atoms with E-state index in [0.717, 1.165) is 43.5 Å². The molecule has 0 bridgehead atoms. The second kappa shape index (κ2) is 55.7. The van der Waals surface area contributed by atoms with Gasteiger partial charge < -0.3 is 43.9 Å². The van der Waals surface area contributed by atoms with Crippen molar-refractivity contribution in [3.8, 4) is 0 Å². The van der Waals surface area contributed by atoms with E-state index < -0.39 is 41.7 Å². The molecule has 63 heavy (non-hydrogen) atoms. The van der Waals surface area contributed by atoms with Crippen molar-refractivity contribution in [3.63, 3.8) is 0 Å². The van der Waals surface area contributed by atoms with E-state index in [1.54, 1.807) is 0 Å². The third-order valence-corrected chi connectivity index (χ3v) is 11.5. The van der Waals surface area contributed by atoms with Gasteiger partial charge in [0.2, 0.25) is 0 Å². The van der Waals surface area contributed by atoms with Crippen LogP contribution in [0.1, 0.15) is 264 Å². The Labute approximate surface area is 439 Å². The average Bonchev–Trinajstić information content (AvgIpc) is 3.97. The first kappa shape index (κ1) is 82.7. The van der Waals surface area contributed by atoms with E-state index in [2.05, 4.69) is 69.2 Å². The Balaban J connectivity index is -0.0000001000. The Morgan fingerprint density at radius 1 is 0.365 bits per heavy atom. The third kappa shape index (κ3) is 66.9. The van der Waals surface area contributed by atoms with Crippen molar-refractivity contribution in [2.24, 2.45) is 23.7 Å². The Morgan fingerprint density at radius 2 is 0.540 bits per heavy atom. The van der Waals surface area contributed by atoms with Crippen LogP contribution in [-0.2, 0) is 55.9 Å². The molecule has 0 heterocycles. The van der Waals surface area contributed by atoms with Gasteiger partial charge >= 0.3 is 75.7 Å². The third-order valence-electron chi connectivity index (χ3n) is 11.5. The van der Waals surface area contributed by atoms with Crippen LogP contribution in [0.25, 0.3) is 0 Å². The SMILES string of the molecule is C.C.CC(C)(C)OCCCCC1CCCC1.CC(C)(C)OCCCCC1CCCC1.CC(C)(C)OCCCCC1CCCC1.CCCCC1CCCC1.[CH3-].[CH3-].[CH3-].[CH3-].[Cl][Zr+2][Cl].[Cl][Zr+2][Cl]. The molecule has 0 radical (unpaired) electrons. The van der Waals surface area contributed by atoms with Crippen LogP contribution in [0.5, 0.6) is 0 Å². The van der Waals surface area contributed by atoms with Gasteiger partial charge in [-0.2, -0.15) is 0 Å². The maximum atomic E-state index is 5.69. The Morgan fingerprint density at radius 3 is 0.698 bits per heavy atom. The quantitative estimate of drug-likeness (QED) is 0.101. The first-order chi connectivity index (χ1) is 27.0. The van der Waals surface area contributed by atoms with Gasteiger partial charge in [0.25, 0.3) is 0 Å². The molecule has 386 valence electrons. The summed E-state index contributed by atoms with van der Waals surface area (Å²) < 4.78 is 17.1. The Hall–Kier alpha value is 2.81. The Bertz CT molecular complexity index is 709. The van der Waals surface area contributed by atoms with Crippen LogP contribution in [0.2, 0.25) is 0 Å². The molecule has 0 unspecified atom stereocenters. The summed E-state index contributed by atoms with van der Waals surface area (Å²) >= 11 is -1.65. The number of ether oxygens (including phenoxy) is 3. The molecule has 4 rings (SSSR count). The van der Waals surface area contributed by atoms with Crippen LogP contribution < -0.4 is 0 Å². The van der Waals surface area contributed by atoms with Crippen LogP contribution in [0.3, 0.4) is 0 Å². The van der Waals surface area contributed by atoms with E-state index in [0.29, 0.717) is 0 Å². The number of halogens is 4. The monoisotopic (exact) mass is 1130 g/mol. The predicted octanol–water partition coefficient (Wildman–Crippen LogP) is 21.7. The summed E-state index contributed by atoms with van der Waals surface area (Å²) in [4.78, 5) is 0. The van der Waals surface area contributed by atoms with Crippen molar-refractivity contribution >= 4 is 34.1 Å². The predicted molar refractivity (Wildman–Crippen MR) is 289 cm³/mol. The first-order valence-electron chi connectivity index (χ1n) is 23.8. The van der Waals surface area contributed by atoms with Crippen molar-refractivity contribution < 1.29 is 55.9 Å². The molecule has 4 aliphatic carbocycles. The van der Waals surface area contributed by atoms with E-state index in [9.17, 15) is 0 Å². The van der Waals surface area contributed by atoms with Crippen LogP contribution in [-0.4, -0.2) is 36.6 Å². The molecule has 0 spiro atoms. The van der Waals surface area contributed by atoms with Gasteiger partial charge in [-0.1, -0.05) is 182 Å². The molecular formula is C54H116Cl4O3Zr2. The van der Waals surface area contributed by atoms with Crippen LogP contribution in [0, 0.1) is 53.4 Å². The zero-order valence-corrected chi connectivity index (χ0v) is 51.4. The normalized spacial score (nSPS) is 16.0. The molecule has 0 N–H and O–H groups in total. The van der Waals surface area contributed by atoms with Crippen molar-refractivity contribution in [2.75, 3.05) is 19.8 Å². The van der Waals surface area contributed by atoms with E-state index in [4.69, 9.17) is 48.3 Å². The number of rotatable bonds is 18. The first-order valence-corrected chi connectivity index (χ1v) is 36.5. The van der Waals surface area contributed by atoms with Gasteiger partial charge in [0.05, 0.1) is 16.8 Å². The molecule has 4 aliphatic rings. The average molecular weight is 1140 g/mol. The fourth-order valence-electron chi connectivity index (χ4n) is 8.43. The molecule has 0 amide bonds. The summed E-state index contributed by atoms with van der Waals surface area (Å²) in [7, 11) is 19.7. The van der Waals surface area contributed by atoms with Gasteiger partial charge in [-0.05, 0) is 105 Å². The van der Waals surface area contributed by atoms with E-state index >= 15 is 0 Å². The molecule has 0 atom stereocenters.